The SMILES string of the molecule is O=C(CN1CCN(c2ccccc2Cl)CC1)Nc1cc(S(=O)(=O)N2CCCC2)ccc1Cl. The Kier molecular flexibility index (Phi) is 7.27. The summed E-state index contributed by atoms with van der Waals surface area (Å²) in [5, 5.41) is 3.81. The Morgan fingerprint density at radius 2 is 1.59 bits per heavy atom. The number of hydrogen-bond acceptors (Lipinski definition) is 5. The number of amides is 1. The first kappa shape index (κ1) is 23.3. The molecule has 0 bridgehead atoms. The second kappa shape index (κ2) is 9.97. The highest BCUT2D eigenvalue weighted by molar-refractivity contribution is 7.89. The average Bonchev–Trinajstić information content (AvgIpc) is 3.32. The Morgan fingerprint density at radius 1 is 0.906 bits per heavy atom. The highest BCUT2D eigenvalue weighted by Crippen LogP contribution is 2.29. The van der Waals surface area contributed by atoms with E-state index in [1.807, 2.05) is 24.3 Å². The van der Waals surface area contributed by atoms with Crippen LogP contribution in [-0.4, -0.2) is 69.3 Å². The predicted octanol–water partition coefficient (Wildman–Crippen LogP) is 3.54. The molecular formula is C22H26Cl2N4O3S. The number of halogens is 2. The molecule has 0 atom stereocenters. The molecule has 0 spiro atoms. The number of nitrogens with one attached hydrogen (secondary N) is 1. The summed E-state index contributed by atoms with van der Waals surface area (Å²) in [7, 11) is -3.58. The van der Waals surface area contributed by atoms with Gasteiger partial charge in [-0.2, -0.15) is 4.31 Å². The number of carbonyl (C=O) groups excluding carboxylic acids is 1. The number of para-hydroxylation sites is 1. The summed E-state index contributed by atoms with van der Waals surface area (Å²) < 4.78 is 27.1. The van der Waals surface area contributed by atoms with Crippen molar-refractivity contribution in [2.45, 2.75) is 17.7 Å². The fraction of sp³-hybridized carbons (Fsp3) is 0.409. The van der Waals surface area contributed by atoms with Crippen LogP contribution in [0, 0.1) is 0 Å². The lowest BCUT2D eigenvalue weighted by Gasteiger charge is -2.36. The number of benzene rings is 2. The molecule has 2 aromatic carbocycles. The van der Waals surface area contributed by atoms with Gasteiger partial charge >= 0.3 is 0 Å². The zero-order valence-electron chi connectivity index (χ0n) is 17.6. The van der Waals surface area contributed by atoms with Crippen LogP contribution in [0.25, 0.3) is 0 Å². The van der Waals surface area contributed by atoms with Crippen molar-refractivity contribution in [2.75, 3.05) is 56.0 Å². The van der Waals surface area contributed by atoms with Gasteiger partial charge in [0.05, 0.1) is 32.9 Å². The lowest BCUT2D eigenvalue weighted by Crippen LogP contribution is -2.48. The van der Waals surface area contributed by atoms with Crippen molar-refractivity contribution < 1.29 is 13.2 Å². The number of rotatable bonds is 6. The lowest BCUT2D eigenvalue weighted by molar-refractivity contribution is -0.117. The van der Waals surface area contributed by atoms with Crippen molar-refractivity contribution in [3.05, 3.63) is 52.5 Å². The quantitative estimate of drug-likeness (QED) is 0.661. The van der Waals surface area contributed by atoms with E-state index in [2.05, 4.69) is 15.1 Å². The third kappa shape index (κ3) is 5.21. The van der Waals surface area contributed by atoms with Crippen LogP contribution >= 0.6 is 23.2 Å². The van der Waals surface area contributed by atoms with Gasteiger partial charge in [-0.3, -0.25) is 9.69 Å². The summed E-state index contributed by atoms with van der Waals surface area (Å²) in [5.74, 6) is -0.228. The van der Waals surface area contributed by atoms with Gasteiger partial charge in [-0.05, 0) is 43.2 Å². The Labute approximate surface area is 198 Å². The Morgan fingerprint density at radius 3 is 2.28 bits per heavy atom. The van der Waals surface area contributed by atoms with Crippen molar-refractivity contribution in [1.82, 2.24) is 9.21 Å². The first-order chi connectivity index (χ1) is 15.3. The molecule has 1 N–H and O–H groups in total. The van der Waals surface area contributed by atoms with Crippen molar-refractivity contribution in [1.29, 1.82) is 0 Å². The largest absolute Gasteiger partial charge is 0.368 e. The van der Waals surface area contributed by atoms with Crippen molar-refractivity contribution in [3.63, 3.8) is 0 Å². The number of hydrogen-bond donors (Lipinski definition) is 1. The number of piperazine rings is 1. The van der Waals surface area contributed by atoms with Gasteiger partial charge in [-0.1, -0.05) is 35.3 Å². The predicted molar refractivity (Wildman–Crippen MR) is 128 cm³/mol. The van der Waals surface area contributed by atoms with Gasteiger partial charge in [-0.15, -0.1) is 0 Å². The molecule has 32 heavy (non-hydrogen) atoms. The van der Waals surface area contributed by atoms with Gasteiger partial charge < -0.3 is 10.2 Å². The molecule has 10 heteroatoms. The van der Waals surface area contributed by atoms with Crippen LogP contribution < -0.4 is 10.2 Å². The summed E-state index contributed by atoms with van der Waals surface area (Å²) in [6.45, 7) is 4.21. The maximum Gasteiger partial charge on any atom is 0.243 e. The van der Waals surface area contributed by atoms with E-state index >= 15 is 0 Å². The van der Waals surface area contributed by atoms with E-state index in [-0.39, 0.29) is 17.3 Å². The molecule has 0 saturated carbocycles. The van der Waals surface area contributed by atoms with Crippen LogP contribution in [0.15, 0.2) is 47.4 Å². The van der Waals surface area contributed by atoms with Crippen LogP contribution in [0.2, 0.25) is 10.0 Å². The molecule has 2 aromatic rings. The van der Waals surface area contributed by atoms with Gasteiger partial charge in [-0.25, -0.2) is 8.42 Å². The molecule has 172 valence electrons. The second-order valence-electron chi connectivity index (χ2n) is 8.02. The molecule has 0 unspecified atom stereocenters. The van der Waals surface area contributed by atoms with Gasteiger partial charge in [0, 0.05) is 39.3 Å². The molecule has 0 radical (unpaired) electrons. The normalized spacial score (nSPS) is 18.1. The fourth-order valence-corrected chi connectivity index (χ4v) is 6.05. The molecule has 2 saturated heterocycles. The maximum absolute atomic E-state index is 12.8. The molecule has 2 aliphatic heterocycles. The molecular weight excluding hydrogens is 471 g/mol. The standard InChI is InChI=1S/C22H26Cl2N4O3S/c23-18-8-7-17(32(30,31)28-9-3-4-10-28)15-20(18)25-22(29)16-26-11-13-27(14-12-26)21-6-2-1-5-19(21)24/h1-2,5-8,15H,3-4,9-14,16H2,(H,25,29). The van der Waals surface area contributed by atoms with Crippen molar-refractivity contribution in [2.24, 2.45) is 0 Å². The number of carbonyl (C=O) groups is 1. The number of anilines is 2. The molecule has 0 aromatic heterocycles. The highest BCUT2D eigenvalue weighted by atomic mass is 35.5. The minimum absolute atomic E-state index is 0.146. The summed E-state index contributed by atoms with van der Waals surface area (Å²) in [5.41, 5.74) is 1.31. The Balaban J connectivity index is 1.36. The van der Waals surface area contributed by atoms with E-state index in [9.17, 15) is 13.2 Å². The second-order valence-corrected chi connectivity index (χ2v) is 10.8. The maximum atomic E-state index is 12.8. The average molecular weight is 497 g/mol. The molecule has 1 amide bonds. The van der Waals surface area contributed by atoms with Crippen LogP contribution in [0.4, 0.5) is 11.4 Å². The molecule has 2 aliphatic rings. The van der Waals surface area contributed by atoms with E-state index in [1.54, 1.807) is 0 Å². The minimum atomic E-state index is -3.58. The first-order valence-corrected chi connectivity index (χ1v) is 12.9. The van der Waals surface area contributed by atoms with Crippen molar-refractivity contribution >= 4 is 50.5 Å². The molecule has 7 nitrogen and oxygen atoms in total. The summed E-state index contributed by atoms with van der Waals surface area (Å²) in [4.78, 5) is 17.1. The van der Waals surface area contributed by atoms with E-state index in [4.69, 9.17) is 23.2 Å². The Bertz CT molecular complexity index is 1080. The van der Waals surface area contributed by atoms with Crippen LogP contribution in [0.1, 0.15) is 12.8 Å². The monoisotopic (exact) mass is 496 g/mol. The fourth-order valence-electron chi connectivity index (χ4n) is 4.09. The highest BCUT2D eigenvalue weighted by Gasteiger charge is 2.28. The van der Waals surface area contributed by atoms with E-state index in [0.29, 0.717) is 23.8 Å². The minimum Gasteiger partial charge on any atom is -0.368 e. The van der Waals surface area contributed by atoms with Gasteiger partial charge in [0.25, 0.3) is 0 Å². The molecule has 4 rings (SSSR count). The number of sulfonamides is 1. The van der Waals surface area contributed by atoms with Crippen LogP contribution in [-0.2, 0) is 14.8 Å². The van der Waals surface area contributed by atoms with Crippen LogP contribution in [0.5, 0.6) is 0 Å². The Hall–Kier alpha value is -1.84. The van der Waals surface area contributed by atoms with Gasteiger partial charge in [0.1, 0.15) is 0 Å². The zero-order chi connectivity index (χ0) is 22.7. The van der Waals surface area contributed by atoms with Crippen molar-refractivity contribution in [3.8, 4) is 0 Å². The zero-order valence-corrected chi connectivity index (χ0v) is 20.0. The first-order valence-electron chi connectivity index (χ1n) is 10.7. The van der Waals surface area contributed by atoms with E-state index in [0.717, 1.165) is 49.7 Å². The molecule has 0 aliphatic carbocycles. The summed E-state index contributed by atoms with van der Waals surface area (Å²) >= 11 is 12.5. The smallest absolute Gasteiger partial charge is 0.243 e. The third-order valence-corrected chi connectivity index (χ3v) is 8.39. The molecule has 2 fully saturated rings. The summed E-state index contributed by atoms with van der Waals surface area (Å²) in [6, 6.07) is 12.2. The number of nitrogens with zero attached hydrogens (tertiary/aromatic N) is 3. The molecule has 2 heterocycles. The lowest BCUT2D eigenvalue weighted by atomic mass is 10.2. The van der Waals surface area contributed by atoms with Gasteiger partial charge in [0.15, 0.2) is 0 Å². The van der Waals surface area contributed by atoms with E-state index in [1.165, 1.54) is 22.5 Å². The van der Waals surface area contributed by atoms with Gasteiger partial charge in [0.2, 0.25) is 15.9 Å². The summed E-state index contributed by atoms with van der Waals surface area (Å²) in [6.07, 6.45) is 1.72. The third-order valence-electron chi connectivity index (χ3n) is 5.85. The topological polar surface area (TPSA) is 73.0 Å². The van der Waals surface area contributed by atoms with Crippen LogP contribution in [0.3, 0.4) is 0 Å². The van der Waals surface area contributed by atoms with E-state index < -0.39 is 10.0 Å².